The van der Waals surface area contributed by atoms with Crippen molar-refractivity contribution in [3.05, 3.63) is 24.3 Å². The normalized spacial score (nSPS) is 22.1. The number of hydrogen-bond acceptors (Lipinski definition) is 4. The highest BCUT2D eigenvalue weighted by Crippen LogP contribution is 2.27. The van der Waals surface area contributed by atoms with Crippen LogP contribution in [0.2, 0.25) is 0 Å². The number of nitrogens with one attached hydrogen (secondary N) is 1. The van der Waals surface area contributed by atoms with Crippen LogP contribution in [0, 0.1) is 5.92 Å². The molecule has 2 fully saturated rings. The molecule has 1 aromatic rings. The van der Waals surface area contributed by atoms with Crippen LogP contribution in [-0.4, -0.2) is 56.5 Å². The quantitative estimate of drug-likeness (QED) is 0.899. The van der Waals surface area contributed by atoms with Crippen molar-refractivity contribution in [3.8, 4) is 5.75 Å². The van der Waals surface area contributed by atoms with Gasteiger partial charge in [0.25, 0.3) is 0 Å². The molecule has 0 saturated carbocycles. The van der Waals surface area contributed by atoms with Crippen LogP contribution in [0.1, 0.15) is 12.8 Å². The molecule has 1 N–H and O–H groups in total. The molecule has 1 aromatic carbocycles. The molecular weight excluding hydrogens is 294 g/mol. The third-order valence-corrected chi connectivity index (χ3v) is 4.51. The third kappa shape index (κ3) is 3.47. The average molecular weight is 317 g/mol. The molecule has 2 amide bonds. The molecular formula is C17H23N3O3. The van der Waals surface area contributed by atoms with Crippen LogP contribution in [0.15, 0.2) is 24.3 Å². The molecule has 2 aliphatic rings. The first-order chi connectivity index (χ1) is 11.2. The highest BCUT2D eigenvalue weighted by Gasteiger charge is 2.37. The summed E-state index contributed by atoms with van der Waals surface area (Å²) in [5.74, 6) is 0.646. The summed E-state index contributed by atoms with van der Waals surface area (Å²) in [6.07, 6.45) is 1.27. The summed E-state index contributed by atoms with van der Waals surface area (Å²) in [4.78, 5) is 28.6. The molecule has 1 unspecified atom stereocenters. The number of rotatable bonds is 3. The lowest BCUT2D eigenvalue weighted by Gasteiger charge is -2.23. The van der Waals surface area contributed by atoms with Gasteiger partial charge in [0.15, 0.2) is 0 Å². The third-order valence-electron chi connectivity index (χ3n) is 4.51. The molecule has 6 nitrogen and oxygen atoms in total. The van der Waals surface area contributed by atoms with Gasteiger partial charge in [-0.3, -0.25) is 9.59 Å². The number of nitrogens with zero attached hydrogens (tertiary/aromatic N) is 2. The van der Waals surface area contributed by atoms with Crippen molar-refractivity contribution in [2.45, 2.75) is 12.8 Å². The van der Waals surface area contributed by atoms with Gasteiger partial charge in [-0.05, 0) is 37.2 Å². The lowest BCUT2D eigenvalue weighted by molar-refractivity contribution is -0.135. The zero-order valence-electron chi connectivity index (χ0n) is 13.5. The number of benzene rings is 1. The molecule has 6 heteroatoms. The smallest absolute Gasteiger partial charge is 0.228 e. The van der Waals surface area contributed by atoms with E-state index in [2.05, 4.69) is 5.32 Å². The van der Waals surface area contributed by atoms with Gasteiger partial charge in [0.05, 0.1) is 13.0 Å². The van der Waals surface area contributed by atoms with E-state index in [0.29, 0.717) is 13.0 Å². The Morgan fingerprint density at radius 1 is 1.22 bits per heavy atom. The van der Waals surface area contributed by atoms with Crippen molar-refractivity contribution in [2.75, 3.05) is 44.7 Å². The van der Waals surface area contributed by atoms with Gasteiger partial charge in [0.1, 0.15) is 5.75 Å². The van der Waals surface area contributed by atoms with E-state index < -0.39 is 0 Å². The first-order valence-corrected chi connectivity index (χ1v) is 8.13. The van der Waals surface area contributed by atoms with Gasteiger partial charge in [-0.1, -0.05) is 0 Å². The maximum atomic E-state index is 12.7. The molecule has 0 aromatic heterocycles. The Morgan fingerprint density at radius 2 is 2.00 bits per heavy atom. The first-order valence-electron chi connectivity index (χ1n) is 8.13. The number of carbonyl (C=O) groups excluding carboxylic acids is 2. The maximum Gasteiger partial charge on any atom is 0.228 e. The molecule has 1 atom stereocenters. The van der Waals surface area contributed by atoms with Crippen LogP contribution in [0.25, 0.3) is 0 Å². The first kappa shape index (κ1) is 15.8. The van der Waals surface area contributed by atoms with Gasteiger partial charge in [-0.25, -0.2) is 0 Å². The largest absolute Gasteiger partial charge is 0.497 e. The second-order valence-corrected chi connectivity index (χ2v) is 6.03. The van der Waals surface area contributed by atoms with Crippen molar-refractivity contribution < 1.29 is 14.3 Å². The number of anilines is 1. The fourth-order valence-electron chi connectivity index (χ4n) is 3.21. The molecule has 124 valence electrons. The summed E-state index contributed by atoms with van der Waals surface area (Å²) >= 11 is 0. The summed E-state index contributed by atoms with van der Waals surface area (Å²) < 4.78 is 5.14. The Labute approximate surface area is 136 Å². The SMILES string of the molecule is COc1ccc(N2CC(C(=O)N3CCCNCC3)CC2=O)cc1. The van der Waals surface area contributed by atoms with Crippen LogP contribution in [0.5, 0.6) is 5.75 Å². The number of carbonyl (C=O) groups is 2. The number of hydrogen-bond donors (Lipinski definition) is 1. The van der Waals surface area contributed by atoms with Gasteiger partial charge in [-0.15, -0.1) is 0 Å². The van der Waals surface area contributed by atoms with E-state index in [4.69, 9.17) is 4.74 Å². The zero-order valence-corrected chi connectivity index (χ0v) is 13.5. The van der Waals surface area contributed by atoms with E-state index in [-0.39, 0.29) is 17.7 Å². The molecule has 0 radical (unpaired) electrons. The molecule has 0 bridgehead atoms. The minimum atomic E-state index is -0.234. The summed E-state index contributed by atoms with van der Waals surface area (Å²) in [7, 11) is 1.61. The Hall–Kier alpha value is -2.08. The molecule has 2 aliphatic heterocycles. The van der Waals surface area contributed by atoms with Crippen LogP contribution in [0.3, 0.4) is 0 Å². The van der Waals surface area contributed by atoms with Crippen molar-refractivity contribution in [3.63, 3.8) is 0 Å². The Kier molecular flexibility index (Phi) is 4.81. The highest BCUT2D eigenvalue weighted by atomic mass is 16.5. The van der Waals surface area contributed by atoms with Crippen molar-refractivity contribution in [1.82, 2.24) is 10.2 Å². The predicted molar refractivity (Wildman–Crippen MR) is 87.5 cm³/mol. The van der Waals surface area contributed by atoms with Gasteiger partial charge in [0, 0.05) is 38.3 Å². The highest BCUT2D eigenvalue weighted by molar-refractivity contribution is 6.00. The number of methoxy groups -OCH3 is 1. The van der Waals surface area contributed by atoms with E-state index in [1.165, 1.54) is 0 Å². The second kappa shape index (κ2) is 7.00. The molecule has 23 heavy (non-hydrogen) atoms. The molecule has 2 heterocycles. The Morgan fingerprint density at radius 3 is 2.74 bits per heavy atom. The molecule has 0 aliphatic carbocycles. The average Bonchev–Trinajstić information content (AvgIpc) is 2.79. The number of amides is 2. The lowest BCUT2D eigenvalue weighted by Crippen LogP contribution is -2.39. The standard InChI is InChI=1S/C17H23N3O3/c1-23-15-5-3-14(4-6-15)20-12-13(11-16(20)21)17(22)19-9-2-7-18-8-10-19/h3-6,13,18H,2,7-12H2,1H3. The molecule has 2 saturated heterocycles. The minimum Gasteiger partial charge on any atom is -0.497 e. The van der Waals surface area contributed by atoms with Crippen LogP contribution in [0.4, 0.5) is 5.69 Å². The fourth-order valence-corrected chi connectivity index (χ4v) is 3.21. The Balaban J connectivity index is 1.67. The van der Waals surface area contributed by atoms with Gasteiger partial charge < -0.3 is 19.9 Å². The topological polar surface area (TPSA) is 61.9 Å². The van der Waals surface area contributed by atoms with Crippen LogP contribution < -0.4 is 15.0 Å². The van der Waals surface area contributed by atoms with E-state index in [0.717, 1.165) is 44.0 Å². The number of ether oxygens (including phenoxy) is 1. The molecule has 0 spiro atoms. The van der Waals surface area contributed by atoms with E-state index in [1.807, 2.05) is 29.2 Å². The summed E-state index contributed by atoms with van der Waals surface area (Å²) in [5, 5.41) is 3.29. The zero-order chi connectivity index (χ0) is 16.2. The van der Waals surface area contributed by atoms with E-state index in [9.17, 15) is 9.59 Å². The van der Waals surface area contributed by atoms with Gasteiger partial charge in [0.2, 0.25) is 11.8 Å². The van der Waals surface area contributed by atoms with Crippen LogP contribution in [-0.2, 0) is 9.59 Å². The maximum absolute atomic E-state index is 12.7. The van der Waals surface area contributed by atoms with E-state index in [1.54, 1.807) is 12.0 Å². The van der Waals surface area contributed by atoms with Crippen molar-refractivity contribution >= 4 is 17.5 Å². The predicted octanol–water partition coefficient (Wildman–Crippen LogP) is 0.870. The van der Waals surface area contributed by atoms with Gasteiger partial charge >= 0.3 is 0 Å². The van der Waals surface area contributed by atoms with E-state index >= 15 is 0 Å². The van der Waals surface area contributed by atoms with Crippen LogP contribution >= 0.6 is 0 Å². The lowest BCUT2D eigenvalue weighted by atomic mass is 10.1. The fraction of sp³-hybridized carbons (Fsp3) is 0.529. The monoisotopic (exact) mass is 317 g/mol. The summed E-state index contributed by atoms with van der Waals surface area (Å²) in [5.41, 5.74) is 0.823. The van der Waals surface area contributed by atoms with Gasteiger partial charge in [-0.2, -0.15) is 0 Å². The summed E-state index contributed by atoms with van der Waals surface area (Å²) in [6.45, 7) is 3.75. The van der Waals surface area contributed by atoms with Crippen molar-refractivity contribution in [2.24, 2.45) is 5.92 Å². The molecule has 3 rings (SSSR count). The van der Waals surface area contributed by atoms with Crippen molar-refractivity contribution in [1.29, 1.82) is 0 Å². The second-order valence-electron chi connectivity index (χ2n) is 6.03. The Bertz CT molecular complexity index is 565. The minimum absolute atomic E-state index is 0.0152. The summed E-state index contributed by atoms with van der Waals surface area (Å²) in [6, 6.07) is 7.38.